The lowest BCUT2D eigenvalue weighted by molar-refractivity contribution is 0.0990. The van der Waals surface area contributed by atoms with Crippen LogP contribution in [0.25, 0.3) is 0 Å². The van der Waals surface area contributed by atoms with Crippen molar-refractivity contribution in [3.05, 3.63) is 34.9 Å². The van der Waals surface area contributed by atoms with Crippen LogP contribution in [-0.2, 0) is 14.6 Å². The highest BCUT2D eigenvalue weighted by Crippen LogP contribution is 2.16. The normalized spacial score (nSPS) is 13.3. The largest absolute Gasteiger partial charge is 0.384 e. The number of carbonyl (C=O) groups excluding carboxylic acids is 1. The van der Waals surface area contributed by atoms with Gasteiger partial charge in [0.25, 0.3) is 0 Å². The van der Waals surface area contributed by atoms with Crippen LogP contribution in [0.5, 0.6) is 0 Å². The molecule has 0 heterocycles. The van der Waals surface area contributed by atoms with Gasteiger partial charge >= 0.3 is 0 Å². The van der Waals surface area contributed by atoms with E-state index in [1.54, 1.807) is 13.0 Å². The molecule has 1 rings (SSSR count). The van der Waals surface area contributed by atoms with Crippen molar-refractivity contribution in [3.8, 4) is 0 Å². The van der Waals surface area contributed by atoms with E-state index in [2.05, 4.69) is 0 Å². The number of sulfone groups is 1. The van der Waals surface area contributed by atoms with Gasteiger partial charge in [-0.05, 0) is 32.4 Å². The molecule has 1 atom stereocenters. The van der Waals surface area contributed by atoms with E-state index in [4.69, 9.17) is 4.74 Å². The Labute approximate surface area is 114 Å². The fourth-order valence-corrected chi connectivity index (χ4v) is 2.97. The zero-order chi connectivity index (χ0) is 14.6. The number of hydrogen-bond donors (Lipinski definition) is 0. The fraction of sp³-hybridized carbons (Fsp3) is 0.500. The van der Waals surface area contributed by atoms with Crippen LogP contribution >= 0.6 is 0 Å². The lowest BCUT2D eigenvalue weighted by Gasteiger charge is -2.13. The lowest BCUT2D eigenvalue weighted by atomic mass is 10.0. The molecule has 0 bridgehead atoms. The topological polar surface area (TPSA) is 60.4 Å². The van der Waals surface area contributed by atoms with E-state index in [0.717, 1.165) is 11.1 Å². The number of carbonyl (C=O) groups is 1. The van der Waals surface area contributed by atoms with Gasteiger partial charge in [0.1, 0.15) is 5.25 Å². The van der Waals surface area contributed by atoms with Crippen LogP contribution in [0, 0.1) is 13.8 Å². The van der Waals surface area contributed by atoms with Crippen LogP contribution in [0.15, 0.2) is 18.2 Å². The number of ether oxygens (including phenoxy) is 1. The SMILES string of the molecule is COCCS(=O)(=O)C(C)C(=O)c1cc(C)ccc1C. The van der Waals surface area contributed by atoms with Crippen LogP contribution < -0.4 is 0 Å². The summed E-state index contributed by atoms with van der Waals surface area (Å²) in [6.07, 6.45) is 0. The van der Waals surface area contributed by atoms with Crippen molar-refractivity contribution in [2.45, 2.75) is 26.0 Å². The first-order valence-corrected chi connectivity index (χ1v) is 7.83. The summed E-state index contributed by atoms with van der Waals surface area (Å²) in [5.41, 5.74) is 2.22. The molecule has 0 radical (unpaired) electrons. The second-order valence-electron chi connectivity index (χ2n) is 4.68. The summed E-state index contributed by atoms with van der Waals surface area (Å²) < 4.78 is 28.8. The fourth-order valence-electron chi connectivity index (χ4n) is 1.76. The van der Waals surface area contributed by atoms with Crippen molar-refractivity contribution in [1.29, 1.82) is 0 Å². The molecule has 5 heteroatoms. The first kappa shape index (κ1) is 15.9. The molecule has 19 heavy (non-hydrogen) atoms. The highest BCUT2D eigenvalue weighted by atomic mass is 32.2. The number of aryl methyl sites for hydroxylation is 2. The summed E-state index contributed by atoms with van der Waals surface area (Å²) in [5.74, 6) is -0.487. The minimum absolute atomic E-state index is 0.104. The van der Waals surface area contributed by atoms with Crippen molar-refractivity contribution in [1.82, 2.24) is 0 Å². The van der Waals surface area contributed by atoms with Gasteiger partial charge in [-0.3, -0.25) is 4.79 Å². The molecule has 1 unspecified atom stereocenters. The molecule has 0 spiro atoms. The van der Waals surface area contributed by atoms with Crippen molar-refractivity contribution in [3.63, 3.8) is 0 Å². The van der Waals surface area contributed by atoms with Crippen LogP contribution in [0.4, 0.5) is 0 Å². The molecule has 106 valence electrons. The molecule has 0 amide bonds. The second kappa shape index (κ2) is 6.30. The van der Waals surface area contributed by atoms with Gasteiger partial charge in [-0.2, -0.15) is 0 Å². The average Bonchev–Trinajstić information content (AvgIpc) is 2.37. The molecule has 0 saturated heterocycles. The monoisotopic (exact) mass is 284 g/mol. The smallest absolute Gasteiger partial charge is 0.180 e. The Bertz CT molecular complexity index is 561. The number of rotatable bonds is 6. The van der Waals surface area contributed by atoms with Crippen LogP contribution in [0.2, 0.25) is 0 Å². The summed E-state index contributed by atoms with van der Waals surface area (Å²) in [5, 5.41) is -1.04. The third-order valence-corrected chi connectivity index (χ3v) is 5.17. The first-order chi connectivity index (χ1) is 8.79. The third-order valence-electron chi connectivity index (χ3n) is 3.14. The molecule has 0 fully saturated rings. The molecule has 0 aliphatic carbocycles. The highest BCUT2D eigenvalue weighted by Gasteiger charge is 2.29. The Morgan fingerprint density at radius 2 is 1.95 bits per heavy atom. The highest BCUT2D eigenvalue weighted by molar-refractivity contribution is 7.92. The molecule has 0 N–H and O–H groups in total. The van der Waals surface area contributed by atoms with Crippen molar-refractivity contribution >= 4 is 15.6 Å². The van der Waals surface area contributed by atoms with Crippen molar-refractivity contribution < 1.29 is 17.9 Å². The van der Waals surface area contributed by atoms with Crippen LogP contribution in [0.1, 0.15) is 28.4 Å². The van der Waals surface area contributed by atoms with E-state index in [-0.39, 0.29) is 18.1 Å². The van der Waals surface area contributed by atoms with Gasteiger partial charge in [-0.1, -0.05) is 17.7 Å². The summed E-state index contributed by atoms with van der Waals surface area (Å²) in [6.45, 7) is 5.23. The Morgan fingerprint density at radius 3 is 2.53 bits per heavy atom. The van der Waals surface area contributed by atoms with Gasteiger partial charge in [-0.25, -0.2) is 8.42 Å². The van der Waals surface area contributed by atoms with Gasteiger partial charge in [0.15, 0.2) is 15.6 Å². The van der Waals surface area contributed by atoms with Crippen LogP contribution in [-0.4, -0.2) is 38.9 Å². The third kappa shape index (κ3) is 3.88. The maximum atomic E-state index is 12.3. The van der Waals surface area contributed by atoms with Gasteiger partial charge in [0.05, 0.1) is 12.4 Å². The standard InChI is InChI=1S/C14H20O4S/c1-10-5-6-11(2)13(9-10)14(15)12(3)19(16,17)8-7-18-4/h5-6,9,12H,7-8H2,1-4H3. The van der Waals surface area contributed by atoms with E-state index in [9.17, 15) is 13.2 Å². The van der Waals surface area contributed by atoms with Crippen LogP contribution in [0.3, 0.4) is 0 Å². The second-order valence-corrected chi connectivity index (χ2v) is 7.13. The molecular weight excluding hydrogens is 264 g/mol. The van der Waals surface area contributed by atoms with Gasteiger partial charge in [-0.15, -0.1) is 0 Å². The number of hydrogen-bond acceptors (Lipinski definition) is 4. The van der Waals surface area contributed by atoms with E-state index in [1.807, 2.05) is 19.1 Å². The number of Topliss-reactive ketones (excluding diaryl/α,β-unsaturated/α-hetero) is 1. The average molecular weight is 284 g/mol. The lowest BCUT2D eigenvalue weighted by Crippen LogP contribution is -2.31. The maximum Gasteiger partial charge on any atom is 0.180 e. The molecule has 4 nitrogen and oxygen atoms in total. The predicted molar refractivity (Wildman–Crippen MR) is 75.4 cm³/mol. The number of benzene rings is 1. The Balaban J connectivity index is 3.03. The Kier molecular flexibility index (Phi) is 5.26. The van der Waals surface area contributed by atoms with Gasteiger partial charge in [0, 0.05) is 12.7 Å². The summed E-state index contributed by atoms with van der Waals surface area (Å²) in [7, 11) is -2.04. The maximum absolute atomic E-state index is 12.3. The van der Waals surface area contributed by atoms with Crippen molar-refractivity contribution in [2.75, 3.05) is 19.5 Å². The molecule has 0 aliphatic heterocycles. The molecule has 0 saturated carbocycles. The summed E-state index contributed by atoms with van der Waals surface area (Å²) >= 11 is 0. The Morgan fingerprint density at radius 1 is 1.32 bits per heavy atom. The summed E-state index contributed by atoms with van der Waals surface area (Å²) in [4.78, 5) is 12.3. The number of ketones is 1. The Hall–Kier alpha value is -1.20. The minimum atomic E-state index is -3.47. The van der Waals surface area contributed by atoms with E-state index in [1.165, 1.54) is 14.0 Å². The first-order valence-electron chi connectivity index (χ1n) is 6.11. The zero-order valence-electron chi connectivity index (χ0n) is 11.8. The van der Waals surface area contributed by atoms with E-state index in [0.29, 0.717) is 5.56 Å². The van der Waals surface area contributed by atoms with E-state index >= 15 is 0 Å². The molecule has 0 aromatic heterocycles. The molecule has 0 aliphatic rings. The van der Waals surface area contributed by atoms with Gasteiger partial charge in [0.2, 0.25) is 0 Å². The molecule has 1 aromatic carbocycles. The number of methoxy groups -OCH3 is 1. The van der Waals surface area contributed by atoms with Gasteiger partial charge < -0.3 is 4.74 Å². The predicted octanol–water partition coefficient (Wildman–Crippen LogP) is 1.94. The quantitative estimate of drug-likeness (QED) is 0.749. The van der Waals surface area contributed by atoms with Crippen molar-refractivity contribution in [2.24, 2.45) is 0 Å². The minimum Gasteiger partial charge on any atom is -0.384 e. The van der Waals surface area contributed by atoms with E-state index < -0.39 is 15.1 Å². The zero-order valence-corrected chi connectivity index (χ0v) is 12.6. The summed E-state index contributed by atoms with van der Waals surface area (Å²) in [6, 6.07) is 5.47. The molecular formula is C14H20O4S. The molecule has 1 aromatic rings.